The molecule has 2 heterocycles. The standard InChI is InChI=1S/C39H39N3/c1-5-40(6-2)30-21-17-27(18-22-30)39(28-19-23-37-33(25-28)31-13-9-11-15-35(31)41(37)7-3)29-20-24-38-34(26-29)32-14-10-12-16-36(32)42(38)8-4/h9-26,39H,5-8H2,1-4H3. The monoisotopic (exact) mass is 549 g/mol. The third-order valence-electron chi connectivity index (χ3n) is 9.25. The Balaban J connectivity index is 1.46. The van der Waals surface area contributed by atoms with Gasteiger partial charge in [-0.05, 0) is 92.9 Å². The Morgan fingerprint density at radius 2 is 0.905 bits per heavy atom. The van der Waals surface area contributed by atoms with Crippen molar-refractivity contribution in [2.75, 3.05) is 18.0 Å². The highest BCUT2D eigenvalue weighted by Gasteiger charge is 2.21. The molecular formula is C39H39N3. The van der Waals surface area contributed by atoms with E-state index in [-0.39, 0.29) is 5.92 Å². The summed E-state index contributed by atoms with van der Waals surface area (Å²) in [4.78, 5) is 2.41. The Morgan fingerprint density at radius 1 is 0.476 bits per heavy atom. The van der Waals surface area contributed by atoms with Crippen molar-refractivity contribution in [2.24, 2.45) is 0 Å². The highest BCUT2D eigenvalue weighted by Crippen LogP contribution is 2.39. The molecule has 0 radical (unpaired) electrons. The van der Waals surface area contributed by atoms with Crippen LogP contribution in [-0.4, -0.2) is 22.2 Å². The summed E-state index contributed by atoms with van der Waals surface area (Å²) in [6.45, 7) is 12.9. The van der Waals surface area contributed by atoms with E-state index in [2.05, 4.69) is 151 Å². The van der Waals surface area contributed by atoms with E-state index in [1.807, 2.05) is 0 Å². The van der Waals surface area contributed by atoms with E-state index in [0.29, 0.717) is 0 Å². The summed E-state index contributed by atoms with van der Waals surface area (Å²) >= 11 is 0. The van der Waals surface area contributed by atoms with E-state index < -0.39 is 0 Å². The van der Waals surface area contributed by atoms with Crippen molar-refractivity contribution in [1.29, 1.82) is 0 Å². The van der Waals surface area contributed by atoms with Gasteiger partial charge in [-0.15, -0.1) is 0 Å². The summed E-state index contributed by atoms with van der Waals surface area (Å²) in [6.07, 6.45) is 0. The van der Waals surface area contributed by atoms with Crippen LogP contribution in [0, 0.1) is 0 Å². The third-order valence-corrected chi connectivity index (χ3v) is 9.25. The van der Waals surface area contributed by atoms with Crippen molar-refractivity contribution in [2.45, 2.75) is 46.7 Å². The molecule has 42 heavy (non-hydrogen) atoms. The Bertz CT molecular complexity index is 1910. The maximum Gasteiger partial charge on any atom is 0.0491 e. The number of rotatable bonds is 8. The van der Waals surface area contributed by atoms with Gasteiger partial charge in [-0.1, -0.05) is 60.7 Å². The van der Waals surface area contributed by atoms with Crippen LogP contribution >= 0.6 is 0 Å². The molecule has 0 bridgehead atoms. The van der Waals surface area contributed by atoms with Crippen LogP contribution in [0.25, 0.3) is 43.6 Å². The van der Waals surface area contributed by atoms with Gasteiger partial charge in [0.15, 0.2) is 0 Å². The Kier molecular flexibility index (Phi) is 6.74. The van der Waals surface area contributed by atoms with E-state index in [4.69, 9.17) is 0 Å². The fourth-order valence-corrected chi connectivity index (χ4v) is 7.23. The number of aromatic nitrogens is 2. The predicted molar refractivity (Wildman–Crippen MR) is 181 cm³/mol. The van der Waals surface area contributed by atoms with Crippen LogP contribution in [0.3, 0.4) is 0 Å². The van der Waals surface area contributed by atoms with Gasteiger partial charge in [0.2, 0.25) is 0 Å². The number of para-hydroxylation sites is 2. The third kappa shape index (κ3) is 4.10. The van der Waals surface area contributed by atoms with Crippen LogP contribution in [0.15, 0.2) is 109 Å². The molecule has 0 saturated heterocycles. The van der Waals surface area contributed by atoms with Crippen LogP contribution in [0.4, 0.5) is 5.69 Å². The van der Waals surface area contributed by atoms with Crippen LogP contribution in [0.5, 0.6) is 0 Å². The number of hydrogen-bond donors (Lipinski definition) is 0. The molecule has 0 saturated carbocycles. The lowest BCUT2D eigenvalue weighted by Gasteiger charge is -2.23. The van der Waals surface area contributed by atoms with Gasteiger partial charge in [-0.25, -0.2) is 0 Å². The molecule has 0 unspecified atom stereocenters. The van der Waals surface area contributed by atoms with Gasteiger partial charge < -0.3 is 14.0 Å². The van der Waals surface area contributed by atoms with Crippen LogP contribution in [0.2, 0.25) is 0 Å². The molecule has 0 N–H and O–H groups in total. The summed E-state index contributed by atoms with van der Waals surface area (Å²) in [7, 11) is 0. The zero-order chi connectivity index (χ0) is 28.8. The zero-order valence-corrected chi connectivity index (χ0v) is 25.1. The summed E-state index contributed by atoms with van der Waals surface area (Å²) in [5.41, 5.74) is 10.5. The lowest BCUT2D eigenvalue weighted by Crippen LogP contribution is -2.21. The molecule has 0 aliphatic carbocycles. The minimum Gasteiger partial charge on any atom is -0.372 e. The molecule has 0 atom stereocenters. The fraction of sp³-hybridized carbons (Fsp3) is 0.231. The van der Waals surface area contributed by atoms with E-state index in [0.717, 1.165) is 26.2 Å². The minimum absolute atomic E-state index is 0.122. The summed E-state index contributed by atoms with van der Waals surface area (Å²) < 4.78 is 4.88. The molecule has 3 nitrogen and oxygen atoms in total. The van der Waals surface area contributed by atoms with Crippen LogP contribution in [-0.2, 0) is 13.1 Å². The highest BCUT2D eigenvalue weighted by molar-refractivity contribution is 6.09. The van der Waals surface area contributed by atoms with Gasteiger partial charge in [-0.3, -0.25) is 0 Å². The van der Waals surface area contributed by atoms with Crippen molar-refractivity contribution >= 4 is 49.3 Å². The number of nitrogens with zero attached hydrogens (tertiary/aromatic N) is 3. The van der Waals surface area contributed by atoms with Crippen molar-refractivity contribution in [3.63, 3.8) is 0 Å². The molecule has 0 amide bonds. The van der Waals surface area contributed by atoms with Crippen LogP contribution in [0.1, 0.15) is 50.3 Å². The van der Waals surface area contributed by atoms with Gasteiger partial charge in [-0.2, -0.15) is 0 Å². The second kappa shape index (κ2) is 10.7. The zero-order valence-electron chi connectivity index (χ0n) is 25.1. The maximum atomic E-state index is 2.45. The first-order valence-corrected chi connectivity index (χ1v) is 15.5. The first kappa shape index (κ1) is 26.4. The number of anilines is 1. The predicted octanol–water partition coefficient (Wildman–Crippen LogP) is 9.97. The van der Waals surface area contributed by atoms with Crippen LogP contribution < -0.4 is 4.90 Å². The lowest BCUT2D eigenvalue weighted by atomic mass is 9.84. The molecule has 0 fully saturated rings. The quantitative estimate of drug-likeness (QED) is 0.172. The van der Waals surface area contributed by atoms with Crippen molar-refractivity contribution in [3.8, 4) is 0 Å². The summed E-state index contributed by atoms with van der Waals surface area (Å²) in [5, 5.41) is 5.32. The number of aryl methyl sites for hydroxylation is 2. The Labute approximate surface area is 248 Å². The molecule has 0 aliphatic rings. The minimum atomic E-state index is 0.122. The maximum absolute atomic E-state index is 2.45. The highest BCUT2D eigenvalue weighted by atomic mass is 15.1. The molecule has 7 rings (SSSR count). The summed E-state index contributed by atoms with van der Waals surface area (Å²) in [5.74, 6) is 0.122. The molecule has 210 valence electrons. The van der Waals surface area contributed by atoms with Crippen molar-refractivity contribution in [3.05, 3.63) is 126 Å². The van der Waals surface area contributed by atoms with E-state index >= 15 is 0 Å². The van der Waals surface area contributed by atoms with Crippen molar-refractivity contribution < 1.29 is 0 Å². The molecule has 0 spiro atoms. The average molecular weight is 550 g/mol. The molecule has 2 aromatic heterocycles. The van der Waals surface area contributed by atoms with E-state index in [1.165, 1.54) is 66.0 Å². The smallest absolute Gasteiger partial charge is 0.0491 e. The molecular weight excluding hydrogens is 510 g/mol. The lowest BCUT2D eigenvalue weighted by molar-refractivity contribution is 0.826. The van der Waals surface area contributed by atoms with Gasteiger partial charge in [0.1, 0.15) is 0 Å². The van der Waals surface area contributed by atoms with E-state index in [9.17, 15) is 0 Å². The molecule has 7 aromatic rings. The SMILES string of the molecule is CCN(CC)c1ccc(C(c2ccc3c(c2)c2ccccc2n3CC)c2ccc3c(c2)c2ccccc2n3CC)cc1. The Hall–Kier alpha value is -4.50. The largest absolute Gasteiger partial charge is 0.372 e. The number of benzene rings is 5. The second-order valence-electron chi connectivity index (χ2n) is 11.3. The molecule has 0 aliphatic heterocycles. The fourth-order valence-electron chi connectivity index (χ4n) is 7.23. The van der Waals surface area contributed by atoms with Gasteiger partial charge >= 0.3 is 0 Å². The van der Waals surface area contributed by atoms with Gasteiger partial charge in [0.05, 0.1) is 0 Å². The first-order chi connectivity index (χ1) is 20.7. The molecule has 3 heteroatoms. The molecule has 5 aromatic carbocycles. The van der Waals surface area contributed by atoms with Gasteiger partial charge in [0, 0.05) is 81.4 Å². The summed E-state index contributed by atoms with van der Waals surface area (Å²) in [6, 6.07) is 41.3. The van der Waals surface area contributed by atoms with Crippen molar-refractivity contribution in [1.82, 2.24) is 9.13 Å². The average Bonchev–Trinajstić information content (AvgIpc) is 3.54. The second-order valence-corrected chi connectivity index (χ2v) is 11.3. The van der Waals surface area contributed by atoms with E-state index in [1.54, 1.807) is 0 Å². The normalized spacial score (nSPS) is 11.9. The number of fused-ring (bicyclic) bond motifs is 6. The Morgan fingerprint density at radius 3 is 1.36 bits per heavy atom. The van der Waals surface area contributed by atoms with Gasteiger partial charge in [0.25, 0.3) is 0 Å². The topological polar surface area (TPSA) is 13.1 Å². The first-order valence-electron chi connectivity index (χ1n) is 15.5. The number of hydrogen-bond acceptors (Lipinski definition) is 1.